The molecule has 0 saturated carbocycles. The molecule has 0 spiro atoms. The maximum atomic E-state index is 12.9. The lowest BCUT2D eigenvalue weighted by Gasteiger charge is -2.22. The number of hydrogen-bond acceptors (Lipinski definition) is 4. The number of carbonyl (C=O) groups is 1. The zero-order valence-corrected chi connectivity index (χ0v) is 15.7. The van der Waals surface area contributed by atoms with Gasteiger partial charge in [-0.15, -0.1) is 0 Å². The molecule has 3 rings (SSSR count). The molecule has 4 nitrogen and oxygen atoms in total. The van der Waals surface area contributed by atoms with Crippen LogP contribution >= 0.6 is 0 Å². The minimum absolute atomic E-state index is 0.220. The van der Waals surface area contributed by atoms with Crippen LogP contribution in [0.25, 0.3) is 0 Å². The third-order valence-corrected chi connectivity index (χ3v) is 4.75. The molecule has 0 N–H and O–H groups in total. The van der Waals surface area contributed by atoms with Crippen molar-refractivity contribution in [3.8, 4) is 0 Å². The minimum atomic E-state index is -4.45. The average molecular weight is 403 g/mol. The molecule has 0 fully saturated rings. The van der Waals surface area contributed by atoms with Crippen LogP contribution in [-0.4, -0.2) is 11.0 Å². The maximum absolute atomic E-state index is 12.9. The summed E-state index contributed by atoms with van der Waals surface area (Å²) < 4.78 is 49.4. The molecule has 7 heteroatoms. The van der Waals surface area contributed by atoms with Gasteiger partial charge in [-0.25, -0.2) is 0 Å². The van der Waals surface area contributed by atoms with Gasteiger partial charge < -0.3 is 9.15 Å². The molecule has 2 heterocycles. The number of carbonyl (C=O) groups excluding carboxylic acids is 1. The van der Waals surface area contributed by atoms with Gasteiger partial charge in [0.15, 0.2) is 0 Å². The Kier molecular flexibility index (Phi) is 6.36. The Morgan fingerprint density at radius 3 is 2.66 bits per heavy atom. The molecule has 0 aliphatic rings. The van der Waals surface area contributed by atoms with E-state index in [9.17, 15) is 18.0 Å². The highest BCUT2D eigenvalue weighted by Crippen LogP contribution is 2.31. The number of nitrogens with zero attached hydrogens (tertiary/aromatic N) is 1. The molecule has 29 heavy (non-hydrogen) atoms. The summed E-state index contributed by atoms with van der Waals surface area (Å²) >= 11 is 0. The second-order valence-corrected chi connectivity index (χ2v) is 6.77. The van der Waals surface area contributed by atoms with E-state index in [1.807, 2.05) is 13.0 Å². The Balaban J connectivity index is 1.74. The molecule has 2 atom stereocenters. The van der Waals surface area contributed by atoms with Crippen molar-refractivity contribution in [3.05, 3.63) is 89.6 Å². The minimum Gasteiger partial charge on any atom is -0.469 e. The summed E-state index contributed by atoms with van der Waals surface area (Å²) in [5, 5.41) is 0. The first-order valence-electron chi connectivity index (χ1n) is 9.09. The van der Waals surface area contributed by atoms with E-state index >= 15 is 0 Å². The van der Waals surface area contributed by atoms with E-state index in [1.54, 1.807) is 30.6 Å². The number of benzene rings is 1. The van der Waals surface area contributed by atoms with Crippen molar-refractivity contribution in [2.75, 3.05) is 0 Å². The van der Waals surface area contributed by atoms with Crippen molar-refractivity contribution >= 4 is 5.97 Å². The number of alkyl halides is 3. The van der Waals surface area contributed by atoms with Crippen LogP contribution in [0.5, 0.6) is 0 Å². The largest absolute Gasteiger partial charge is 0.469 e. The van der Waals surface area contributed by atoms with Crippen molar-refractivity contribution in [1.82, 2.24) is 4.98 Å². The molecule has 0 saturated heterocycles. The SMILES string of the molecule is CC(c1cccnc1)C(Cc1ccco1)C(=O)OCc1cccc(C(F)(F)F)c1. The number of esters is 1. The van der Waals surface area contributed by atoms with Crippen LogP contribution in [0.3, 0.4) is 0 Å². The first-order valence-corrected chi connectivity index (χ1v) is 9.09. The molecule has 0 aliphatic carbocycles. The van der Waals surface area contributed by atoms with Gasteiger partial charge >= 0.3 is 12.1 Å². The third-order valence-electron chi connectivity index (χ3n) is 4.75. The number of aromatic nitrogens is 1. The molecule has 0 radical (unpaired) electrons. The van der Waals surface area contributed by atoms with Crippen LogP contribution in [-0.2, 0) is 28.7 Å². The highest BCUT2D eigenvalue weighted by Gasteiger charge is 2.31. The van der Waals surface area contributed by atoms with Crippen LogP contribution in [0.2, 0.25) is 0 Å². The predicted molar refractivity (Wildman–Crippen MR) is 99.8 cm³/mol. The van der Waals surface area contributed by atoms with Gasteiger partial charge in [-0.05, 0) is 47.4 Å². The molecule has 0 amide bonds. The van der Waals surface area contributed by atoms with Gasteiger partial charge in [-0.1, -0.05) is 25.1 Å². The van der Waals surface area contributed by atoms with Crippen molar-refractivity contribution in [2.24, 2.45) is 5.92 Å². The topological polar surface area (TPSA) is 52.3 Å². The summed E-state index contributed by atoms with van der Waals surface area (Å²) in [7, 11) is 0. The molecule has 1 aromatic carbocycles. The van der Waals surface area contributed by atoms with E-state index in [1.165, 1.54) is 18.4 Å². The monoisotopic (exact) mass is 403 g/mol. The van der Waals surface area contributed by atoms with Gasteiger partial charge in [0.05, 0.1) is 17.7 Å². The molecule has 2 aromatic heterocycles. The van der Waals surface area contributed by atoms with Crippen LogP contribution in [0, 0.1) is 5.92 Å². The Morgan fingerprint density at radius 2 is 2.00 bits per heavy atom. The van der Waals surface area contributed by atoms with E-state index in [0.717, 1.165) is 17.7 Å². The van der Waals surface area contributed by atoms with Crippen molar-refractivity contribution in [2.45, 2.75) is 32.0 Å². The van der Waals surface area contributed by atoms with Gasteiger partial charge in [0, 0.05) is 18.8 Å². The quantitative estimate of drug-likeness (QED) is 0.496. The first kappa shape index (κ1) is 20.6. The number of hydrogen-bond donors (Lipinski definition) is 0. The number of rotatable bonds is 7. The molecular formula is C22H20F3NO3. The van der Waals surface area contributed by atoms with Gasteiger partial charge in [-0.3, -0.25) is 9.78 Å². The van der Waals surface area contributed by atoms with E-state index in [2.05, 4.69) is 4.98 Å². The van der Waals surface area contributed by atoms with Crippen LogP contribution in [0.4, 0.5) is 13.2 Å². The summed E-state index contributed by atoms with van der Waals surface area (Å²) in [4.78, 5) is 16.9. The fraction of sp³-hybridized carbons (Fsp3) is 0.273. The van der Waals surface area contributed by atoms with Crippen molar-refractivity contribution < 1.29 is 27.1 Å². The zero-order valence-electron chi connectivity index (χ0n) is 15.7. The number of pyridine rings is 1. The Hall–Kier alpha value is -3.09. The summed E-state index contributed by atoms with van der Waals surface area (Å²) in [6.07, 6.45) is 0.708. The van der Waals surface area contributed by atoms with Crippen molar-refractivity contribution in [1.29, 1.82) is 0 Å². The van der Waals surface area contributed by atoms with Crippen LogP contribution in [0.15, 0.2) is 71.6 Å². The van der Waals surface area contributed by atoms with E-state index in [4.69, 9.17) is 9.15 Å². The number of halogens is 3. The molecule has 0 bridgehead atoms. The summed E-state index contributed by atoms with van der Waals surface area (Å²) in [5.41, 5.74) is 0.362. The smallest absolute Gasteiger partial charge is 0.416 e. The van der Waals surface area contributed by atoms with Gasteiger partial charge in [-0.2, -0.15) is 13.2 Å². The standard InChI is InChI=1S/C22H20F3NO3/c1-15(17-6-3-9-26-13-17)20(12-19-8-4-10-28-19)21(27)29-14-16-5-2-7-18(11-16)22(23,24)25/h2-11,13,15,20H,12,14H2,1H3. The highest BCUT2D eigenvalue weighted by molar-refractivity contribution is 5.74. The zero-order chi connectivity index (χ0) is 20.9. The summed E-state index contributed by atoms with van der Waals surface area (Å²) in [6, 6.07) is 11.9. The Bertz CT molecular complexity index is 924. The lowest BCUT2D eigenvalue weighted by Crippen LogP contribution is -2.25. The average Bonchev–Trinajstić information content (AvgIpc) is 3.23. The fourth-order valence-electron chi connectivity index (χ4n) is 3.09. The summed E-state index contributed by atoms with van der Waals surface area (Å²) in [6.45, 7) is 1.65. The maximum Gasteiger partial charge on any atom is 0.416 e. The molecular weight excluding hydrogens is 383 g/mol. The predicted octanol–water partition coefficient (Wildman–Crippen LogP) is 5.40. The lowest BCUT2D eigenvalue weighted by atomic mass is 9.85. The van der Waals surface area contributed by atoms with Gasteiger partial charge in [0.25, 0.3) is 0 Å². The fourth-order valence-corrected chi connectivity index (χ4v) is 3.09. The molecule has 152 valence electrons. The molecule has 2 unspecified atom stereocenters. The van der Waals surface area contributed by atoms with Crippen LogP contribution in [0.1, 0.15) is 35.3 Å². The number of ether oxygens (including phenoxy) is 1. The van der Waals surface area contributed by atoms with E-state index in [0.29, 0.717) is 12.2 Å². The van der Waals surface area contributed by atoms with Crippen molar-refractivity contribution in [3.63, 3.8) is 0 Å². The highest BCUT2D eigenvalue weighted by atomic mass is 19.4. The number of furan rings is 1. The second kappa shape index (κ2) is 8.94. The first-order chi connectivity index (χ1) is 13.8. The Morgan fingerprint density at radius 1 is 1.17 bits per heavy atom. The van der Waals surface area contributed by atoms with E-state index < -0.39 is 23.6 Å². The molecule has 3 aromatic rings. The third kappa shape index (κ3) is 5.47. The Labute approximate surface area is 166 Å². The van der Waals surface area contributed by atoms with Gasteiger partial charge in [0.2, 0.25) is 0 Å². The lowest BCUT2D eigenvalue weighted by molar-refractivity contribution is -0.150. The normalized spacial score (nSPS) is 13.7. The molecule has 0 aliphatic heterocycles. The second-order valence-electron chi connectivity index (χ2n) is 6.77. The van der Waals surface area contributed by atoms with Gasteiger partial charge in [0.1, 0.15) is 12.4 Å². The van der Waals surface area contributed by atoms with E-state index in [-0.39, 0.29) is 18.1 Å². The van der Waals surface area contributed by atoms with Crippen LogP contribution < -0.4 is 0 Å². The summed E-state index contributed by atoms with van der Waals surface area (Å²) in [5.74, 6) is -0.670.